The van der Waals surface area contributed by atoms with Crippen LogP contribution in [0.1, 0.15) is 52.1 Å². The zero-order valence-corrected chi connectivity index (χ0v) is 19.9. The molecule has 0 aliphatic carbocycles. The van der Waals surface area contributed by atoms with Crippen molar-refractivity contribution >= 4 is 23.6 Å². The number of rotatable bonds is 10. The lowest BCUT2D eigenvalue weighted by Gasteiger charge is -2.28. The van der Waals surface area contributed by atoms with Gasteiger partial charge in [-0.1, -0.05) is 69.3 Å². The van der Waals surface area contributed by atoms with Crippen LogP contribution in [0.4, 0.5) is 5.95 Å². The summed E-state index contributed by atoms with van der Waals surface area (Å²) in [6.07, 6.45) is 1.92. The number of aromatic nitrogens is 3. The molecule has 1 aliphatic rings. The van der Waals surface area contributed by atoms with E-state index in [4.69, 9.17) is 4.74 Å². The second-order valence-corrected chi connectivity index (χ2v) is 9.72. The van der Waals surface area contributed by atoms with E-state index in [0.29, 0.717) is 19.1 Å². The highest BCUT2D eigenvalue weighted by Crippen LogP contribution is 2.28. The molecule has 3 rings (SSSR count). The molecule has 2 atom stereocenters. The molecule has 2 heterocycles. The number of ether oxygens (including phenoxy) is 1. The summed E-state index contributed by atoms with van der Waals surface area (Å²) >= 11 is 1.48. The van der Waals surface area contributed by atoms with Crippen molar-refractivity contribution in [2.45, 2.75) is 63.5 Å². The Morgan fingerprint density at radius 3 is 2.52 bits per heavy atom. The fourth-order valence-electron chi connectivity index (χ4n) is 3.69. The molecule has 170 valence electrons. The molecule has 1 aliphatic heterocycles. The van der Waals surface area contributed by atoms with Crippen LogP contribution in [0.2, 0.25) is 0 Å². The molecule has 1 N–H and O–H groups in total. The van der Waals surface area contributed by atoms with Crippen molar-refractivity contribution in [2.24, 2.45) is 5.92 Å². The van der Waals surface area contributed by atoms with Crippen LogP contribution in [0.15, 0.2) is 35.5 Å². The number of nitrogens with zero attached hydrogens (tertiary/aromatic N) is 4. The van der Waals surface area contributed by atoms with Crippen molar-refractivity contribution in [1.29, 1.82) is 0 Å². The minimum atomic E-state index is -0.268. The van der Waals surface area contributed by atoms with Gasteiger partial charge < -0.3 is 15.0 Å². The van der Waals surface area contributed by atoms with Gasteiger partial charge in [0.15, 0.2) is 5.16 Å². The predicted octanol–water partition coefficient (Wildman–Crippen LogP) is 3.91. The van der Waals surface area contributed by atoms with Gasteiger partial charge in [-0.3, -0.25) is 9.36 Å². The van der Waals surface area contributed by atoms with Crippen molar-refractivity contribution in [3.63, 3.8) is 0 Å². The van der Waals surface area contributed by atoms with Gasteiger partial charge in [-0.2, -0.15) is 0 Å². The van der Waals surface area contributed by atoms with Crippen LogP contribution in [0.5, 0.6) is 0 Å². The van der Waals surface area contributed by atoms with E-state index in [0.717, 1.165) is 49.1 Å². The van der Waals surface area contributed by atoms with Gasteiger partial charge in [0, 0.05) is 19.6 Å². The summed E-state index contributed by atoms with van der Waals surface area (Å²) < 4.78 is 7.64. The number of morpholine rings is 1. The average Bonchev–Trinajstić information content (AvgIpc) is 3.16. The number of carbonyl (C=O) groups excluding carboxylic acids is 1. The second kappa shape index (κ2) is 11.5. The SMILES string of the molecule is CCC[C@@H](NC(=O)[C@H](C)Sc1nnc(N2CCOCC2)n1CC(C)C)c1ccccc1. The van der Waals surface area contributed by atoms with E-state index in [1.807, 2.05) is 25.1 Å². The summed E-state index contributed by atoms with van der Waals surface area (Å²) in [5, 5.41) is 12.7. The van der Waals surface area contributed by atoms with E-state index in [9.17, 15) is 4.79 Å². The van der Waals surface area contributed by atoms with Crippen LogP contribution in [-0.2, 0) is 16.1 Å². The standard InChI is InChI=1S/C23H35N5O2S/c1-5-9-20(19-10-7-6-8-11-19)24-21(29)18(4)31-23-26-25-22(28(23)16-17(2)3)27-12-14-30-15-13-27/h6-8,10-11,17-18,20H,5,9,12-16H2,1-4H3,(H,24,29)/t18-,20+/m0/s1. The number of hydrogen-bond donors (Lipinski definition) is 1. The monoisotopic (exact) mass is 445 g/mol. The van der Waals surface area contributed by atoms with Crippen molar-refractivity contribution in [3.05, 3.63) is 35.9 Å². The van der Waals surface area contributed by atoms with Crippen LogP contribution < -0.4 is 10.2 Å². The Balaban J connectivity index is 1.71. The molecule has 0 saturated carbocycles. The zero-order valence-electron chi connectivity index (χ0n) is 19.1. The molecular formula is C23H35N5O2S. The maximum atomic E-state index is 13.0. The highest BCUT2D eigenvalue weighted by atomic mass is 32.2. The summed E-state index contributed by atoms with van der Waals surface area (Å²) in [6, 6.07) is 10.2. The average molecular weight is 446 g/mol. The Labute approximate surface area is 189 Å². The highest BCUT2D eigenvalue weighted by molar-refractivity contribution is 8.00. The third-order valence-corrected chi connectivity index (χ3v) is 6.37. The fourth-order valence-corrected chi connectivity index (χ4v) is 4.55. The zero-order chi connectivity index (χ0) is 22.2. The molecule has 2 aromatic rings. The van der Waals surface area contributed by atoms with Crippen LogP contribution in [0.25, 0.3) is 0 Å². The summed E-state index contributed by atoms with van der Waals surface area (Å²) in [4.78, 5) is 15.3. The normalized spacial score (nSPS) is 16.4. The minimum absolute atomic E-state index is 0.0270. The summed E-state index contributed by atoms with van der Waals surface area (Å²) in [7, 11) is 0. The number of amides is 1. The quantitative estimate of drug-likeness (QED) is 0.559. The molecule has 8 heteroatoms. The van der Waals surface area contributed by atoms with E-state index < -0.39 is 0 Å². The molecule has 1 aromatic carbocycles. The van der Waals surface area contributed by atoms with Gasteiger partial charge in [0.25, 0.3) is 0 Å². The number of carbonyl (C=O) groups is 1. The first-order chi connectivity index (χ1) is 15.0. The second-order valence-electron chi connectivity index (χ2n) is 8.41. The van der Waals surface area contributed by atoms with Crippen LogP contribution in [0, 0.1) is 5.92 Å². The topological polar surface area (TPSA) is 72.3 Å². The molecule has 7 nitrogen and oxygen atoms in total. The van der Waals surface area contributed by atoms with E-state index >= 15 is 0 Å². The van der Waals surface area contributed by atoms with Gasteiger partial charge >= 0.3 is 0 Å². The lowest BCUT2D eigenvalue weighted by atomic mass is 10.0. The Morgan fingerprint density at radius 2 is 1.87 bits per heavy atom. The Kier molecular flexibility index (Phi) is 8.78. The molecule has 1 amide bonds. The van der Waals surface area contributed by atoms with Crippen molar-refractivity contribution in [2.75, 3.05) is 31.2 Å². The number of anilines is 1. The largest absolute Gasteiger partial charge is 0.378 e. The molecule has 0 unspecified atom stereocenters. The maximum Gasteiger partial charge on any atom is 0.233 e. The lowest BCUT2D eigenvalue weighted by Crippen LogP contribution is -2.38. The van der Waals surface area contributed by atoms with E-state index in [2.05, 4.69) is 57.9 Å². The number of hydrogen-bond acceptors (Lipinski definition) is 6. The first kappa shape index (κ1) is 23.6. The van der Waals surface area contributed by atoms with Crippen LogP contribution >= 0.6 is 11.8 Å². The number of benzene rings is 1. The van der Waals surface area contributed by atoms with Crippen LogP contribution in [0.3, 0.4) is 0 Å². The first-order valence-corrected chi connectivity index (χ1v) is 12.2. The number of nitrogens with one attached hydrogen (secondary N) is 1. The highest BCUT2D eigenvalue weighted by Gasteiger charge is 2.25. The van der Waals surface area contributed by atoms with Crippen molar-refractivity contribution in [1.82, 2.24) is 20.1 Å². The van der Waals surface area contributed by atoms with E-state index in [1.54, 1.807) is 0 Å². The molecule has 31 heavy (non-hydrogen) atoms. The smallest absolute Gasteiger partial charge is 0.233 e. The Hall–Kier alpha value is -2.06. The van der Waals surface area contributed by atoms with Gasteiger partial charge in [-0.15, -0.1) is 10.2 Å². The molecule has 0 spiro atoms. The molecular weight excluding hydrogens is 410 g/mol. The molecule has 1 aromatic heterocycles. The minimum Gasteiger partial charge on any atom is -0.378 e. The summed E-state index contributed by atoms with van der Waals surface area (Å²) in [6.45, 7) is 12.3. The van der Waals surface area contributed by atoms with Gasteiger partial charge in [0.1, 0.15) is 0 Å². The van der Waals surface area contributed by atoms with Gasteiger partial charge in [-0.25, -0.2) is 0 Å². The summed E-state index contributed by atoms with van der Waals surface area (Å²) in [5.74, 6) is 1.35. The Morgan fingerprint density at radius 1 is 1.16 bits per heavy atom. The molecule has 1 fully saturated rings. The van der Waals surface area contributed by atoms with Gasteiger partial charge in [0.2, 0.25) is 11.9 Å². The van der Waals surface area contributed by atoms with Crippen LogP contribution in [-0.4, -0.2) is 52.2 Å². The Bertz CT molecular complexity index is 821. The lowest BCUT2D eigenvalue weighted by molar-refractivity contribution is -0.121. The van der Waals surface area contributed by atoms with Crippen molar-refractivity contribution < 1.29 is 9.53 Å². The predicted molar refractivity (Wildman–Crippen MR) is 125 cm³/mol. The van der Waals surface area contributed by atoms with Gasteiger partial charge in [-0.05, 0) is 24.8 Å². The number of thioether (sulfide) groups is 1. The molecule has 1 saturated heterocycles. The maximum absolute atomic E-state index is 13.0. The fraction of sp³-hybridized carbons (Fsp3) is 0.609. The van der Waals surface area contributed by atoms with Crippen molar-refractivity contribution in [3.8, 4) is 0 Å². The van der Waals surface area contributed by atoms with Gasteiger partial charge in [0.05, 0.1) is 24.5 Å². The third-order valence-electron chi connectivity index (χ3n) is 5.29. The third kappa shape index (κ3) is 6.46. The summed E-state index contributed by atoms with van der Waals surface area (Å²) in [5.41, 5.74) is 1.15. The first-order valence-electron chi connectivity index (χ1n) is 11.3. The van der Waals surface area contributed by atoms with E-state index in [-0.39, 0.29) is 17.2 Å². The molecule has 0 bridgehead atoms. The molecule has 0 radical (unpaired) electrons. The van der Waals surface area contributed by atoms with E-state index in [1.165, 1.54) is 11.8 Å².